The van der Waals surface area contributed by atoms with Crippen molar-refractivity contribution in [3.05, 3.63) is 30.1 Å². The fourth-order valence-corrected chi connectivity index (χ4v) is 0.760. The molecule has 1 aromatic heterocycles. The number of halogens is 1. The van der Waals surface area contributed by atoms with Crippen molar-refractivity contribution in [2.24, 2.45) is 0 Å². The molecule has 0 N–H and O–H groups in total. The fourth-order valence-electron chi connectivity index (χ4n) is 0.519. The Hall–Kier alpha value is 1.51. The van der Waals surface area contributed by atoms with Gasteiger partial charge in [-0.25, -0.2) is 0 Å². The molecule has 1 aromatic rings. The van der Waals surface area contributed by atoms with Crippen LogP contribution in [0.15, 0.2) is 24.4 Å². The molecule has 0 radical (unpaired) electrons. The summed E-state index contributed by atoms with van der Waals surface area (Å²) in [7, 11) is 2.63. The zero-order chi connectivity index (χ0) is 5.82. The molecule has 10 heavy (non-hydrogen) atoms. The Morgan fingerprint density at radius 2 is 2.20 bits per heavy atom. The summed E-state index contributed by atoms with van der Waals surface area (Å²) in [5.74, 6) is 0. The summed E-state index contributed by atoms with van der Waals surface area (Å²) in [5.41, 5.74) is 1.12. The molecule has 0 aliphatic heterocycles. The van der Waals surface area contributed by atoms with Crippen LogP contribution in [-0.4, -0.2) is 4.98 Å². The largest absolute Gasteiger partial charge is 1.00 e. The smallest absolute Gasteiger partial charge is 1.00 e. The van der Waals surface area contributed by atoms with E-state index in [4.69, 9.17) is 0 Å². The maximum absolute atomic E-state index is 4.08. The van der Waals surface area contributed by atoms with Gasteiger partial charge in [-0.2, -0.15) is 0 Å². The topological polar surface area (TPSA) is 12.9 Å². The maximum atomic E-state index is 4.08. The zero-order valence-electron chi connectivity index (χ0n) is 5.92. The quantitative estimate of drug-likeness (QED) is 0.331. The van der Waals surface area contributed by atoms with E-state index in [1.54, 1.807) is 6.20 Å². The predicted molar refractivity (Wildman–Crippen MR) is 39.8 cm³/mol. The average Bonchev–Trinajstić information content (AvgIpc) is 1.90. The van der Waals surface area contributed by atoms with Crippen molar-refractivity contribution in [2.75, 3.05) is 0 Å². The van der Waals surface area contributed by atoms with E-state index in [0.717, 1.165) is 11.9 Å². The number of pyridine rings is 1. The molecule has 1 atom stereocenters. The third kappa shape index (κ3) is 5.20. The van der Waals surface area contributed by atoms with Gasteiger partial charge in [0.05, 0.1) is 0 Å². The fraction of sp³-hybridized carbons (Fsp3) is 0.167. The van der Waals surface area contributed by atoms with Gasteiger partial charge in [-0.1, -0.05) is 6.07 Å². The van der Waals surface area contributed by atoms with Gasteiger partial charge in [0.1, 0.15) is 0 Å². The zero-order valence-corrected chi connectivity index (χ0v) is 11.0. The van der Waals surface area contributed by atoms with Gasteiger partial charge in [0.2, 0.25) is 0 Å². The van der Waals surface area contributed by atoms with Gasteiger partial charge in [0, 0.05) is 19.5 Å². The van der Waals surface area contributed by atoms with E-state index in [1.807, 2.05) is 18.2 Å². The van der Waals surface area contributed by atoms with Crippen LogP contribution in [0, 0.1) is 0 Å². The van der Waals surface area contributed by atoms with Crippen molar-refractivity contribution >= 4 is 9.24 Å². The SMILES string of the molecule is PCc1ccccn1.[Cl-].[HH].[K+]. The molecule has 52 valence electrons. The van der Waals surface area contributed by atoms with E-state index >= 15 is 0 Å². The number of hydrogen-bond donors (Lipinski definition) is 0. The van der Waals surface area contributed by atoms with Crippen LogP contribution in [-0.2, 0) is 6.16 Å². The normalized spacial score (nSPS) is 7.30. The first-order valence-electron chi connectivity index (χ1n) is 2.53. The molecule has 0 saturated carbocycles. The molecule has 0 aromatic carbocycles. The predicted octanol–water partition coefficient (Wildman–Crippen LogP) is -4.29. The summed E-state index contributed by atoms with van der Waals surface area (Å²) in [5, 5.41) is 0. The first-order valence-corrected chi connectivity index (χ1v) is 3.35. The van der Waals surface area contributed by atoms with Crippen molar-refractivity contribution in [1.82, 2.24) is 4.98 Å². The second kappa shape index (κ2) is 8.60. The molecule has 1 nitrogen and oxygen atoms in total. The molecule has 0 bridgehead atoms. The number of hydrogen-bond acceptors (Lipinski definition) is 1. The van der Waals surface area contributed by atoms with Crippen LogP contribution in [0.5, 0.6) is 0 Å². The van der Waals surface area contributed by atoms with E-state index in [2.05, 4.69) is 14.2 Å². The summed E-state index contributed by atoms with van der Waals surface area (Å²) >= 11 is 0. The number of rotatable bonds is 1. The van der Waals surface area contributed by atoms with Gasteiger partial charge in [0.15, 0.2) is 0 Å². The maximum Gasteiger partial charge on any atom is 1.00 e. The molecule has 0 amide bonds. The van der Waals surface area contributed by atoms with Crippen LogP contribution in [0.1, 0.15) is 7.12 Å². The monoisotopic (exact) mass is 201 g/mol. The van der Waals surface area contributed by atoms with Crippen LogP contribution in [0.2, 0.25) is 0 Å². The van der Waals surface area contributed by atoms with Crippen molar-refractivity contribution < 1.29 is 65.2 Å². The molecule has 0 aliphatic rings. The van der Waals surface area contributed by atoms with E-state index in [-0.39, 0.29) is 65.2 Å². The van der Waals surface area contributed by atoms with Crippen molar-refractivity contribution in [2.45, 2.75) is 6.16 Å². The van der Waals surface area contributed by atoms with E-state index in [9.17, 15) is 0 Å². The van der Waals surface area contributed by atoms with Gasteiger partial charge >= 0.3 is 51.4 Å². The molecule has 0 aliphatic carbocycles. The van der Waals surface area contributed by atoms with Crippen LogP contribution in [0.3, 0.4) is 0 Å². The van der Waals surface area contributed by atoms with Crippen LogP contribution in [0.25, 0.3) is 0 Å². The average molecular weight is 202 g/mol. The number of aromatic nitrogens is 1. The molecule has 0 spiro atoms. The summed E-state index contributed by atoms with van der Waals surface area (Å²) in [6.45, 7) is 0. The molecule has 0 saturated heterocycles. The van der Waals surface area contributed by atoms with Gasteiger partial charge in [-0.05, 0) is 12.1 Å². The summed E-state index contributed by atoms with van der Waals surface area (Å²) in [4.78, 5) is 4.08. The molecular formula is C6H10ClKNP. The van der Waals surface area contributed by atoms with Crippen LogP contribution >= 0.6 is 9.24 Å². The standard InChI is InChI=1S/C6H8NP.ClH.K.H2/c8-5-6-3-1-2-4-7-6;;;/h1-4H,5,8H2;1H;;1H/q;;+1;/p-1. The molecule has 0 fully saturated rings. The summed E-state index contributed by atoms with van der Waals surface area (Å²) in [6.07, 6.45) is 2.75. The number of nitrogens with zero attached hydrogens (tertiary/aromatic N) is 1. The second-order valence-electron chi connectivity index (χ2n) is 1.53. The molecule has 1 unspecified atom stereocenters. The molecule has 1 heterocycles. The summed E-state index contributed by atoms with van der Waals surface area (Å²) < 4.78 is 0. The van der Waals surface area contributed by atoms with Crippen molar-refractivity contribution in [3.8, 4) is 0 Å². The molecular weight excluding hydrogens is 192 g/mol. The molecule has 4 heteroatoms. The Labute approximate surface area is 114 Å². The Balaban J connectivity index is -0.000000213. The third-order valence-electron chi connectivity index (χ3n) is 0.935. The van der Waals surface area contributed by atoms with Crippen molar-refractivity contribution in [3.63, 3.8) is 0 Å². The van der Waals surface area contributed by atoms with Crippen LogP contribution in [0.4, 0.5) is 0 Å². The minimum Gasteiger partial charge on any atom is -1.00 e. The van der Waals surface area contributed by atoms with Gasteiger partial charge in [-0.3, -0.25) is 4.98 Å². The third-order valence-corrected chi connectivity index (χ3v) is 1.35. The second-order valence-corrected chi connectivity index (χ2v) is 1.93. The molecule has 1 rings (SSSR count). The minimum absolute atomic E-state index is 0. The van der Waals surface area contributed by atoms with Gasteiger partial charge in [0.25, 0.3) is 0 Å². The van der Waals surface area contributed by atoms with Crippen molar-refractivity contribution in [1.29, 1.82) is 0 Å². The Bertz CT molecular complexity index is 164. The van der Waals surface area contributed by atoms with Gasteiger partial charge in [-0.15, -0.1) is 9.24 Å². The minimum atomic E-state index is 0. The van der Waals surface area contributed by atoms with Gasteiger partial charge < -0.3 is 12.4 Å². The van der Waals surface area contributed by atoms with E-state index in [0.29, 0.717) is 0 Å². The first kappa shape index (κ1) is 14.1. The first-order chi connectivity index (χ1) is 3.93. The van der Waals surface area contributed by atoms with E-state index < -0.39 is 0 Å². The van der Waals surface area contributed by atoms with Crippen LogP contribution < -0.4 is 63.8 Å². The Kier molecular flexibility index (Phi) is 12.1. The summed E-state index contributed by atoms with van der Waals surface area (Å²) in [6, 6.07) is 5.92. The van der Waals surface area contributed by atoms with E-state index in [1.165, 1.54) is 0 Å². The Morgan fingerprint density at radius 3 is 2.50 bits per heavy atom. The Morgan fingerprint density at radius 1 is 1.50 bits per heavy atom.